The first-order chi connectivity index (χ1) is 5.59. The Morgan fingerprint density at radius 1 is 1.33 bits per heavy atom. The maximum atomic E-state index is 5.68. The van der Waals surface area contributed by atoms with E-state index in [1.807, 2.05) is 0 Å². The molecule has 70 valence electrons. The Hall–Kier alpha value is -0.0800. The van der Waals surface area contributed by atoms with Crippen LogP contribution >= 0.6 is 0 Å². The summed E-state index contributed by atoms with van der Waals surface area (Å²) >= 11 is 0. The van der Waals surface area contributed by atoms with Gasteiger partial charge in [0.25, 0.3) is 0 Å². The third-order valence-corrected chi connectivity index (χ3v) is 2.97. The van der Waals surface area contributed by atoms with Crippen LogP contribution in [-0.4, -0.2) is 24.4 Å². The zero-order valence-electron chi connectivity index (χ0n) is 8.17. The van der Waals surface area contributed by atoms with Crippen molar-refractivity contribution in [2.75, 3.05) is 6.61 Å². The maximum Gasteiger partial charge on any atom is 0.113 e. The molecule has 0 aromatic carbocycles. The van der Waals surface area contributed by atoms with Gasteiger partial charge in [-0.15, -0.1) is 0 Å². The van der Waals surface area contributed by atoms with E-state index in [9.17, 15) is 0 Å². The van der Waals surface area contributed by atoms with Gasteiger partial charge in [0, 0.05) is 6.61 Å². The highest BCUT2D eigenvalue weighted by Crippen LogP contribution is 2.42. The molecule has 0 bridgehead atoms. The Morgan fingerprint density at radius 2 is 2.00 bits per heavy atom. The van der Waals surface area contributed by atoms with E-state index in [0.29, 0.717) is 12.2 Å². The number of hydrogen-bond acceptors (Lipinski definition) is 2. The quantitative estimate of drug-likeness (QED) is 0.561. The smallest absolute Gasteiger partial charge is 0.113 e. The molecule has 0 aromatic heterocycles. The molecule has 12 heavy (non-hydrogen) atoms. The fourth-order valence-electron chi connectivity index (χ4n) is 2.03. The lowest BCUT2D eigenvalue weighted by Gasteiger charge is -2.26. The molecule has 2 aliphatic heterocycles. The molecule has 3 atom stereocenters. The van der Waals surface area contributed by atoms with Crippen LogP contribution in [0.25, 0.3) is 0 Å². The molecule has 2 heteroatoms. The molecule has 2 nitrogen and oxygen atoms in total. The number of rotatable bonds is 1. The first kappa shape index (κ1) is 8.52. The molecule has 0 N–H and O–H groups in total. The summed E-state index contributed by atoms with van der Waals surface area (Å²) in [5, 5.41) is 0. The Morgan fingerprint density at radius 3 is 2.50 bits per heavy atom. The Kier molecular flexibility index (Phi) is 1.92. The van der Waals surface area contributed by atoms with Crippen molar-refractivity contribution in [2.45, 2.75) is 51.4 Å². The van der Waals surface area contributed by atoms with Crippen LogP contribution in [-0.2, 0) is 9.47 Å². The van der Waals surface area contributed by atoms with Gasteiger partial charge >= 0.3 is 0 Å². The van der Waals surface area contributed by atoms with Crippen molar-refractivity contribution < 1.29 is 9.47 Å². The predicted octanol–water partition coefficient (Wildman–Crippen LogP) is 1.98. The van der Waals surface area contributed by atoms with E-state index < -0.39 is 0 Å². The summed E-state index contributed by atoms with van der Waals surface area (Å²) in [5.41, 5.74) is 0.0850. The molecule has 2 fully saturated rings. The minimum atomic E-state index is 0.0850. The van der Waals surface area contributed by atoms with Gasteiger partial charge in [0.2, 0.25) is 0 Å². The van der Waals surface area contributed by atoms with E-state index in [1.54, 1.807) is 0 Å². The molecule has 0 spiro atoms. The third-order valence-electron chi connectivity index (χ3n) is 2.97. The van der Waals surface area contributed by atoms with E-state index >= 15 is 0 Å². The second kappa shape index (κ2) is 2.71. The lowest BCUT2D eigenvalue weighted by molar-refractivity contribution is -0.0199. The Labute approximate surface area is 74.2 Å². The summed E-state index contributed by atoms with van der Waals surface area (Å²) < 4.78 is 11.3. The molecule has 0 aliphatic carbocycles. The average Bonchev–Trinajstić information content (AvgIpc) is 2.60. The molecule has 0 aromatic rings. The van der Waals surface area contributed by atoms with Gasteiger partial charge in [-0.3, -0.25) is 0 Å². The van der Waals surface area contributed by atoms with Gasteiger partial charge in [-0.05, 0) is 32.6 Å². The predicted molar refractivity (Wildman–Crippen MR) is 47.1 cm³/mol. The molecule has 0 radical (unpaired) electrons. The van der Waals surface area contributed by atoms with E-state index in [1.165, 1.54) is 12.8 Å². The van der Waals surface area contributed by atoms with Gasteiger partial charge in [0.1, 0.15) is 6.10 Å². The van der Waals surface area contributed by atoms with Crippen molar-refractivity contribution in [2.24, 2.45) is 5.92 Å². The molecule has 0 saturated carbocycles. The monoisotopic (exact) mass is 170 g/mol. The van der Waals surface area contributed by atoms with Gasteiger partial charge in [0.05, 0.1) is 11.7 Å². The molecule has 2 heterocycles. The lowest BCUT2D eigenvalue weighted by atomic mass is 9.93. The Balaban J connectivity index is 1.89. The van der Waals surface area contributed by atoms with Crippen LogP contribution in [0.4, 0.5) is 0 Å². The van der Waals surface area contributed by atoms with Crippen LogP contribution in [0.1, 0.15) is 33.6 Å². The van der Waals surface area contributed by atoms with Crippen molar-refractivity contribution in [1.29, 1.82) is 0 Å². The standard InChI is InChI=1S/C10H18O2/c1-7-4-5-11-8(6-7)9-10(2,3)12-9/h7-9H,4-6H2,1-3H3/t7-,8+,9+/m0/s1. The van der Waals surface area contributed by atoms with Crippen LogP contribution < -0.4 is 0 Å². The zero-order chi connectivity index (χ0) is 8.77. The van der Waals surface area contributed by atoms with E-state index in [4.69, 9.17) is 9.47 Å². The summed E-state index contributed by atoms with van der Waals surface area (Å²) in [6.45, 7) is 7.49. The van der Waals surface area contributed by atoms with Crippen molar-refractivity contribution >= 4 is 0 Å². The van der Waals surface area contributed by atoms with Gasteiger partial charge in [-0.2, -0.15) is 0 Å². The minimum absolute atomic E-state index is 0.0850. The molecule has 2 aliphatic rings. The van der Waals surface area contributed by atoms with Crippen molar-refractivity contribution in [1.82, 2.24) is 0 Å². The number of epoxide rings is 1. The van der Waals surface area contributed by atoms with Crippen molar-refractivity contribution in [3.8, 4) is 0 Å². The average molecular weight is 170 g/mol. The zero-order valence-corrected chi connectivity index (χ0v) is 8.17. The lowest BCUT2D eigenvalue weighted by Crippen LogP contribution is -2.31. The van der Waals surface area contributed by atoms with Gasteiger partial charge < -0.3 is 9.47 Å². The second-order valence-corrected chi connectivity index (χ2v) is 4.68. The summed E-state index contributed by atoms with van der Waals surface area (Å²) in [4.78, 5) is 0. The molecular formula is C10H18O2. The Bertz CT molecular complexity index is 177. The highest BCUT2D eigenvalue weighted by atomic mass is 16.6. The summed E-state index contributed by atoms with van der Waals surface area (Å²) in [6, 6.07) is 0. The highest BCUT2D eigenvalue weighted by molar-refractivity contribution is 5.00. The number of ether oxygens (including phenoxy) is 2. The summed E-state index contributed by atoms with van der Waals surface area (Å²) in [6.07, 6.45) is 3.11. The SMILES string of the molecule is C[C@H]1CCO[C@@H]([C@H]2OC2(C)C)C1. The second-order valence-electron chi connectivity index (χ2n) is 4.68. The van der Waals surface area contributed by atoms with Crippen LogP contribution in [0.5, 0.6) is 0 Å². The third kappa shape index (κ3) is 1.50. The fraction of sp³-hybridized carbons (Fsp3) is 1.00. The molecular weight excluding hydrogens is 152 g/mol. The highest BCUT2D eigenvalue weighted by Gasteiger charge is 2.53. The van der Waals surface area contributed by atoms with Crippen LogP contribution in [0.3, 0.4) is 0 Å². The molecule has 0 amide bonds. The topological polar surface area (TPSA) is 21.8 Å². The van der Waals surface area contributed by atoms with E-state index in [-0.39, 0.29) is 5.60 Å². The van der Waals surface area contributed by atoms with Crippen LogP contribution in [0.2, 0.25) is 0 Å². The summed E-state index contributed by atoms with van der Waals surface area (Å²) in [7, 11) is 0. The van der Waals surface area contributed by atoms with Gasteiger partial charge in [0.15, 0.2) is 0 Å². The van der Waals surface area contributed by atoms with Crippen LogP contribution in [0, 0.1) is 5.92 Å². The minimum Gasteiger partial charge on any atom is -0.375 e. The largest absolute Gasteiger partial charge is 0.375 e. The molecule has 0 unspecified atom stereocenters. The van der Waals surface area contributed by atoms with Crippen LogP contribution in [0.15, 0.2) is 0 Å². The van der Waals surface area contributed by atoms with Gasteiger partial charge in [-0.1, -0.05) is 6.92 Å². The van der Waals surface area contributed by atoms with Gasteiger partial charge in [-0.25, -0.2) is 0 Å². The molecule has 2 rings (SSSR count). The normalized spacial score (nSPS) is 45.8. The first-order valence-electron chi connectivity index (χ1n) is 4.89. The van der Waals surface area contributed by atoms with E-state index in [2.05, 4.69) is 20.8 Å². The summed E-state index contributed by atoms with van der Waals surface area (Å²) in [5.74, 6) is 0.809. The first-order valence-corrected chi connectivity index (χ1v) is 4.89. The fourth-order valence-corrected chi connectivity index (χ4v) is 2.03. The van der Waals surface area contributed by atoms with Crippen molar-refractivity contribution in [3.05, 3.63) is 0 Å². The maximum absolute atomic E-state index is 5.68. The van der Waals surface area contributed by atoms with E-state index in [0.717, 1.165) is 12.5 Å². The number of hydrogen-bond donors (Lipinski definition) is 0. The van der Waals surface area contributed by atoms with Crippen molar-refractivity contribution in [3.63, 3.8) is 0 Å². The molecule has 2 saturated heterocycles.